The van der Waals surface area contributed by atoms with Crippen molar-refractivity contribution in [1.82, 2.24) is 29.1 Å². The van der Waals surface area contributed by atoms with Gasteiger partial charge in [0.15, 0.2) is 5.13 Å². The van der Waals surface area contributed by atoms with Crippen LogP contribution in [-0.4, -0.2) is 76.4 Å². The van der Waals surface area contributed by atoms with Crippen LogP contribution in [0.4, 0.5) is 9.52 Å². The third kappa shape index (κ3) is 4.43. The normalized spacial score (nSPS) is 19.4. The van der Waals surface area contributed by atoms with Gasteiger partial charge in [-0.15, -0.1) is 11.8 Å². The molecule has 1 saturated heterocycles. The summed E-state index contributed by atoms with van der Waals surface area (Å²) < 4.78 is 20.2. The monoisotopic (exact) mass is 562 g/mol. The van der Waals surface area contributed by atoms with Gasteiger partial charge in [-0.2, -0.15) is 9.36 Å². The summed E-state index contributed by atoms with van der Waals surface area (Å²) in [4.78, 5) is 52.0. The molecule has 14 nitrogen and oxygen atoms in total. The van der Waals surface area contributed by atoms with Crippen LogP contribution in [0.2, 0.25) is 0 Å². The number of alkyl halides is 1. The highest BCUT2D eigenvalue weighted by Crippen LogP contribution is 2.40. The quantitative estimate of drug-likeness (QED) is 0.137. The second-order valence-corrected chi connectivity index (χ2v) is 10.0. The van der Waals surface area contributed by atoms with E-state index in [9.17, 15) is 23.9 Å². The van der Waals surface area contributed by atoms with Crippen LogP contribution in [0.15, 0.2) is 41.1 Å². The molecule has 2 aliphatic rings. The van der Waals surface area contributed by atoms with Gasteiger partial charge in [-0.05, 0) is 24.0 Å². The van der Waals surface area contributed by atoms with Gasteiger partial charge in [-0.25, -0.2) is 13.8 Å². The SMILES string of the molecule is CCn1cnc2c1ccc[n+]2CC1=C(C(=O)O)N2C(=O)C(NC(=O)/C(=N/OCF)c3nsc(N)n3)C2SC1. The number of carboxylic acid groups (broad SMARTS) is 1. The minimum atomic E-state index is -1.30. The average Bonchev–Trinajstić information content (AvgIpc) is 3.53. The molecular weight excluding hydrogens is 541 g/mol. The van der Waals surface area contributed by atoms with Crippen LogP contribution in [0.25, 0.3) is 11.2 Å². The zero-order valence-electron chi connectivity index (χ0n) is 19.8. The number of aromatic nitrogens is 5. The van der Waals surface area contributed by atoms with Crippen molar-refractivity contribution in [3.63, 3.8) is 0 Å². The second-order valence-electron chi connectivity index (χ2n) is 8.13. The van der Waals surface area contributed by atoms with Crippen LogP contribution in [0.3, 0.4) is 0 Å². The maximum absolute atomic E-state index is 13.1. The molecule has 0 spiro atoms. The van der Waals surface area contributed by atoms with E-state index in [2.05, 4.69) is 29.7 Å². The molecule has 0 aliphatic carbocycles. The molecule has 1 fully saturated rings. The largest absolute Gasteiger partial charge is 0.477 e. The van der Waals surface area contributed by atoms with Gasteiger partial charge in [-0.3, -0.25) is 14.5 Å². The number of anilines is 1. The van der Waals surface area contributed by atoms with E-state index in [0.29, 0.717) is 17.0 Å². The standard InChI is InChI=1S/C21H20FN9O5S2/c1-2-29-9-24-16-11(29)4-3-5-30(16)6-10-7-37-19-13(18(33)31(19)14(10)20(34)35)25-17(32)12(27-36-8-22)15-26-21(23)38-28-15/h3-5,9,13,19H,2,6-8H2,1H3,(H3-,23,25,26,28,32,34,35)/p+1/b27-12+. The Morgan fingerprint density at radius 1 is 1.45 bits per heavy atom. The van der Waals surface area contributed by atoms with Crippen LogP contribution in [0.1, 0.15) is 12.7 Å². The molecule has 0 bridgehead atoms. The molecule has 17 heteroatoms. The molecule has 2 unspecified atom stereocenters. The Balaban J connectivity index is 1.38. The van der Waals surface area contributed by atoms with E-state index in [1.807, 2.05) is 28.2 Å². The van der Waals surface area contributed by atoms with Crippen molar-refractivity contribution in [3.05, 3.63) is 41.8 Å². The van der Waals surface area contributed by atoms with Gasteiger partial charge in [0.05, 0.1) is 6.20 Å². The van der Waals surface area contributed by atoms with Crippen LogP contribution < -0.4 is 15.6 Å². The number of nitrogens with zero attached hydrogens (tertiary/aromatic N) is 7. The number of hydrogen-bond acceptors (Lipinski definition) is 11. The van der Waals surface area contributed by atoms with E-state index < -0.39 is 41.8 Å². The molecule has 2 atom stereocenters. The molecule has 5 heterocycles. The number of rotatable bonds is 9. The Hall–Kier alpha value is -4.12. The second kappa shape index (κ2) is 10.3. The lowest BCUT2D eigenvalue weighted by Gasteiger charge is -2.49. The number of carbonyl (C=O) groups is 3. The zero-order valence-corrected chi connectivity index (χ0v) is 21.4. The van der Waals surface area contributed by atoms with E-state index >= 15 is 0 Å². The smallest absolute Gasteiger partial charge is 0.352 e. The first-order chi connectivity index (χ1) is 18.3. The maximum atomic E-state index is 13.1. The van der Waals surface area contributed by atoms with Crippen molar-refractivity contribution in [2.75, 3.05) is 18.3 Å². The number of amides is 2. The Labute approximate surface area is 222 Å². The number of thioether (sulfide) groups is 1. The lowest BCUT2D eigenvalue weighted by atomic mass is 10.0. The van der Waals surface area contributed by atoms with Gasteiger partial charge in [-0.1, -0.05) is 5.16 Å². The molecule has 198 valence electrons. The van der Waals surface area contributed by atoms with E-state index in [1.54, 1.807) is 12.5 Å². The first-order valence-electron chi connectivity index (χ1n) is 11.2. The number of carbonyl (C=O) groups excluding carboxylic acids is 2. The number of nitrogens with one attached hydrogen (secondary N) is 1. The van der Waals surface area contributed by atoms with Gasteiger partial charge >= 0.3 is 11.6 Å². The van der Waals surface area contributed by atoms with Gasteiger partial charge < -0.3 is 25.6 Å². The number of fused-ring (bicyclic) bond motifs is 2. The number of aryl methyl sites for hydroxylation is 1. The number of halogens is 1. The number of nitrogen functional groups attached to an aromatic ring is 1. The van der Waals surface area contributed by atoms with Crippen LogP contribution >= 0.6 is 23.3 Å². The molecule has 38 heavy (non-hydrogen) atoms. The van der Waals surface area contributed by atoms with Crippen molar-refractivity contribution in [1.29, 1.82) is 0 Å². The number of aliphatic carboxylic acids is 1. The molecular formula is C21H21FN9O5S2+. The fraction of sp³-hybridized carbons (Fsp3) is 0.333. The summed E-state index contributed by atoms with van der Waals surface area (Å²) in [5.41, 5.74) is 7.08. The van der Waals surface area contributed by atoms with Crippen molar-refractivity contribution >= 4 is 63.1 Å². The van der Waals surface area contributed by atoms with Crippen molar-refractivity contribution in [2.45, 2.75) is 31.4 Å². The first kappa shape index (κ1) is 25.5. The fourth-order valence-corrected chi connectivity index (χ4v) is 6.06. The number of β-lactam (4-membered cyclic amide) rings is 1. The number of pyridine rings is 1. The Morgan fingerprint density at radius 3 is 2.95 bits per heavy atom. The number of hydrogen-bond donors (Lipinski definition) is 3. The number of oxime groups is 1. The maximum Gasteiger partial charge on any atom is 0.352 e. The van der Waals surface area contributed by atoms with Gasteiger partial charge in [0.25, 0.3) is 18.7 Å². The third-order valence-electron chi connectivity index (χ3n) is 5.96. The Bertz CT molecular complexity index is 1500. The lowest BCUT2D eigenvalue weighted by Crippen LogP contribution is -2.71. The Morgan fingerprint density at radius 2 is 2.26 bits per heavy atom. The molecule has 4 N–H and O–H groups in total. The summed E-state index contributed by atoms with van der Waals surface area (Å²) in [7, 11) is 0. The summed E-state index contributed by atoms with van der Waals surface area (Å²) in [5, 5.41) is 15.3. The highest BCUT2D eigenvalue weighted by molar-refractivity contribution is 8.00. The minimum Gasteiger partial charge on any atom is -0.477 e. The molecule has 2 amide bonds. The first-order valence-corrected chi connectivity index (χ1v) is 13.1. The molecule has 3 aromatic rings. The topological polar surface area (TPSA) is 182 Å². The number of imidazole rings is 1. The molecule has 0 aromatic carbocycles. The van der Waals surface area contributed by atoms with Crippen LogP contribution in [0, 0.1) is 0 Å². The van der Waals surface area contributed by atoms with Gasteiger partial charge in [0.2, 0.25) is 17.9 Å². The molecule has 0 radical (unpaired) electrons. The van der Waals surface area contributed by atoms with Crippen molar-refractivity contribution in [3.8, 4) is 0 Å². The Kier molecular flexibility index (Phi) is 6.94. The van der Waals surface area contributed by atoms with Crippen molar-refractivity contribution in [2.24, 2.45) is 5.16 Å². The lowest BCUT2D eigenvalue weighted by molar-refractivity contribution is -0.664. The van der Waals surface area contributed by atoms with Crippen LogP contribution in [0.5, 0.6) is 0 Å². The molecule has 5 rings (SSSR count). The van der Waals surface area contributed by atoms with Gasteiger partial charge in [0.1, 0.15) is 29.2 Å². The molecule has 3 aromatic heterocycles. The summed E-state index contributed by atoms with van der Waals surface area (Å²) >= 11 is 2.11. The van der Waals surface area contributed by atoms with E-state index in [-0.39, 0.29) is 23.2 Å². The molecule has 0 saturated carbocycles. The summed E-state index contributed by atoms with van der Waals surface area (Å²) in [6.45, 7) is 1.64. The van der Waals surface area contributed by atoms with E-state index in [4.69, 9.17) is 5.73 Å². The highest BCUT2D eigenvalue weighted by atomic mass is 32.2. The van der Waals surface area contributed by atoms with E-state index in [0.717, 1.165) is 28.5 Å². The van der Waals surface area contributed by atoms with Crippen LogP contribution in [-0.2, 0) is 32.3 Å². The minimum absolute atomic E-state index is 0.0493. The highest BCUT2D eigenvalue weighted by Gasteiger charge is 2.54. The fourth-order valence-electron chi connectivity index (χ4n) is 4.29. The number of carboxylic acids is 1. The third-order valence-corrected chi connectivity index (χ3v) is 7.84. The summed E-state index contributed by atoms with van der Waals surface area (Å²) in [6, 6.07) is 2.73. The summed E-state index contributed by atoms with van der Waals surface area (Å²) in [6.07, 6.45) is 3.52. The molecule has 2 aliphatic heterocycles. The van der Waals surface area contributed by atoms with Gasteiger partial charge in [0, 0.05) is 29.4 Å². The van der Waals surface area contributed by atoms with E-state index in [1.165, 1.54) is 11.8 Å². The predicted octanol–water partition coefficient (Wildman–Crippen LogP) is -0.136. The average molecular weight is 563 g/mol. The van der Waals surface area contributed by atoms with Crippen molar-refractivity contribution < 1.29 is 33.3 Å². The summed E-state index contributed by atoms with van der Waals surface area (Å²) in [5.74, 6) is -2.65. The predicted molar refractivity (Wildman–Crippen MR) is 133 cm³/mol. The number of nitrogens with two attached hydrogens (primary N) is 1. The zero-order chi connectivity index (χ0) is 27.0.